The van der Waals surface area contributed by atoms with Crippen molar-refractivity contribution in [3.63, 3.8) is 0 Å². The van der Waals surface area contributed by atoms with E-state index in [0.717, 1.165) is 36.1 Å². The van der Waals surface area contributed by atoms with Crippen LogP contribution in [-0.2, 0) is 6.42 Å². The zero-order chi connectivity index (χ0) is 17.5. The van der Waals surface area contributed by atoms with Crippen LogP contribution in [0.2, 0.25) is 0 Å². The minimum Gasteiger partial charge on any atom is -0.294 e. The Labute approximate surface area is 148 Å². The number of aryl methyl sites for hydroxylation is 1. The normalized spacial score (nSPS) is 12.0. The first-order chi connectivity index (χ1) is 12.3. The average Bonchev–Trinajstić information content (AvgIpc) is 3.14. The second kappa shape index (κ2) is 8.38. The summed E-state index contributed by atoms with van der Waals surface area (Å²) in [5.74, 6) is 0.0989. The molecule has 0 bridgehead atoms. The molecule has 0 aliphatic rings. The van der Waals surface area contributed by atoms with Crippen molar-refractivity contribution < 1.29 is 4.79 Å². The number of unbranched alkanes of at least 4 members (excludes halogenated alkanes) is 1. The molecule has 0 fully saturated rings. The van der Waals surface area contributed by atoms with Gasteiger partial charge in [-0.15, -0.1) is 0 Å². The quantitative estimate of drug-likeness (QED) is 0.571. The Balaban J connectivity index is 1.85. The molecule has 0 N–H and O–H groups in total. The van der Waals surface area contributed by atoms with Gasteiger partial charge in [-0.2, -0.15) is 15.0 Å². The molecule has 1 heterocycles. The number of aromatic nitrogens is 3. The van der Waals surface area contributed by atoms with Crippen LogP contribution in [0.5, 0.6) is 0 Å². The standard InChI is InChI=1S/C21H23N3O/c1-2-3-14-19-16-22-24(23-19)20(17-10-6-4-7-11-17)15-21(25)18-12-8-5-9-13-18/h4-13,16,20H,2-3,14-15H2,1H3. The van der Waals surface area contributed by atoms with Gasteiger partial charge in [-0.3, -0.25) is 4.79 Å². The molecule has 0 aliphatic heterocycles. The maximum absolute atomic E-state index is 12.7. The molecule has 3 rings (SSSR count). The summed E-state index contributed by atoms with van der Waals surface area (Å²) in [6, 6.07) is 19.2. The highest BCUT2D eigenvalue weighted by Crippen LogP contribution is 2.23. The van der Waals surface area contributed by atoms with Crippen molar-refractivity contribution in [2.75, 3.05) is 0 Å². The van der Waals surface area contributed by atoms with E-state index in [0.29, 0.717) is 6.42 Å². The Kier molecular flexibility index (Phi) is 5.73. The van der Waals surface area contributed by atoms with Crippen molar-refractivity contribution in [3.8, 4) is 0 Å². The number of carbonyl (C=O) groups excluding carboxylic acids is 1. The smallest absolute Gasteiger partial charge is 0.165 e. The van der Waals surface area contributed by atoms with Crippen molar-refractivity contribution in [2.45, 2.75) is 38.6 Å². The molecule has 1 unspecified atom stereocenters. The lowest BCUT2D eigenvalue weighted by Gasteiger charge is -2.16. The van der Waals surface area contributed by atoms with E-state index in [2.05, 4.69) is 17.1 Å². The number of benzene rings is 2. The zero-order valence-electron chi connectivity index (χ0n) is 14.5. The maximum Gasteiger partial charge on any atom is 0.165 e. The van der Waals surface area contributed by atoms with Gasteiger partial charge in [0, 0.05) is 12.0 Å². The second-order valence-electron chi connectivity index (χ2n) is 6.18. The van der Waals surface area contributed by atoms with Crippen LogP contribution < -0.4 is 0 Å². The van der Waals surface area contributed by atoms with Gasteiger partial charge < -0.3 is 0 Å². The van der Waals surface area contributed by atoms with Gasteiger partial charge in [0.2, 0.25) is 0 Å². The van der Waals surface area contributed by atoms with Gasteiger partial charge in [-0.05, 0) is 18.4 Å². The average molecular weight is 333 g/mol. The number of nitrogens with zero attached hydrogens (tertiary/aromatic N) is 3. The van der Waals surface area contributed by atoms with Crippen molar-refractivity contribution >= 4 is 5.78 Å². The van der Waals surface area contributed by atoms with E-state index >= 15 is 0 Å². The van der Waals surface area contributed by atoms with Gasteiger partial charge >= 0.3 is 0 Å². The third kappa shape index (κ3) is 4.41. The summed E-state index contributed by atoms with van der Waals surface area (Å²) in [4.78, 5) is 14.4. The lowest BCUT2D eigenvalue weighted by molar-refractivity contribution is 0.0964. The predicted octanol–water partition coefficient (Wildman–Crippen LogP) is 4.48. The van der Waals surface area contributed by atoms with Gasteiger partial charge in [0.1, 0.15) is 6.04 Å². The number of carbonyl (C=O) groups is 1. The summed E-state index contributed by atoms with van der Waals surface area (Å²) in [7, 11) is 0. The molecule has 0 spiro atoms. The summed E-state index contributed by atoms with van der Waals surface area (Å²) in [5.41, 5.74) is 2.75. The lowest BCUT2D eigenvalue weighted by Crippen LogP contribution is -2.18. The first-order valence-electron chi connectivity index (χ1n) is 8.82. The fourth-order valence-electron chi connectivity index (χ4n) is 2.86. The minimum absolute atomic E-state index is 0.0989. The van der Waals surface area contributed by atoms with Crippen LogP contribution in [0.25, 0.3) is 0 Å². The minimum atomic E-state index is -0.190. The van der Waals surface area contributed by atoms with Crippen LogP contribution in [-0.4, -0.2) is 20.8 Å². The van der Waals surface area contributed by atoms with Crippen LogP contribution in [0.4, 0.5) is 0 Å². The third-order valence-corrected chi connectivity index (χ3v) is 4.28. The molecule has 0 radical (unpaired) electrons. The SMILES string of the molecule is CCCCc1cnn(C(CC(=O)c2ccccc2)c2ccccc2)n1. The summed E-state index contributed by atoms with van der Waals surface area (Å²) in [6.45, 7) is 2.16. The van der Waals surface area contributed by atoms with Gasteiger partial charge in [0.05, 0.1) is 11.9 Å². The van der Waals surface area contributed by atoms with E-state index in [-0.39, 0.29) is 11.8 Å². The molecule has 0 saturated carbocycles. The number of rotatable bonds is 8. The highest BCUT2D eigenvalue weighted by molar-refractivity contribution is 5.96. The molecular weight excluding hydrogens is 310 g/mol. The summed E-state index contributed by atoms with van der Waals surface area (Å²) in [6.07, 6.45) is 5.30. The fraction of sp³-hybridized carbons (Fsp3) is 0.286. The van der Waals surface area contributed by atoms with E-state index in [4.69, 9.17) is 0 Å². The third-order valence-electron chi connectivity index (χ3n) is 4.28. The van der Waals surface area contributed by atoms with E-state index in [1.54, 1.807) is 4.80 Å². The van der Waals surface area contributed by atoms with E-state index in [1.807, 2.05) is 66.9 Å². The van der Waals surface area contributed by atoms with Crippen LogP contribution in [0.1, 0.15) is 53.8 Å². The number of hydrogen-bond acceptors (Lipinski definition) is 3. The Morgan fingerprint density at radius 2 is 1.72 bits per heavy atom. The fourth-order valence-corrected chi connectivity index (χ4v) is 2.86. The van der Waals surface area contributed by atoms with Crippen LogP contribution >= 0.6 is 0 Å². The molecule has 25 heavy (non-hydrogen) atoms. The highest BCUT2D eigenvalue weighted by Gasteiger charge is 2.21. The number of Topliss-reactive ketones (excluding diaryl/α,β-unsaturated/α-hetero) is 1. The van der Waals surface area contributed by atoms with E-state index < -0.39 is 0 Å². The van der Waals surface area contributed by atoms with Gasteiger partial charge in [0.15, 0.2) is 5.78 Å². The molecular formula is C21H23N3O. The second-order valence-corrected chi connectivity index (χ2v) is 6.18. The molecule has 2 aromatic carbocycles. The van der Waals surface area contributed by atoms with Crippen molar-refractivity contribution in [2.24, 2.45) is 0 Å². The molecule has 4 heteroatoms. The Bertz CT molecular complexity index is 796. The molecule has 3 aromatic rings. The largest absolute Gasteiger partial charge is 0.294 e. The van der Waals surface area contributed by atoms with Crippen LogP contribution in [0.15, 0.2) is 66.9 Å². The number of ketones is 1. The zero-order valence-corrected chi connectivity index (χ0v) is 14.5. The van der Waals surface area contributed by atoms with Crippen molar-refractivity contribution in [1.29, 1.82) is 0 Å². The van der Waals surface area contributed by atoms with Gasteiger partial charge in [-0.1, -0.05) is 74.0 Å². The predicted molar refractivity (Wildman–Crippen MR) is 98.6 cm³/mol. The summed E-state index contributed by atoms with van der Waals surface area (Å²) >= 11 is 0. The molecule has 128 valence electrons. The lowest BCUT2D eigenvalue weighted by atomic mass is 9.98. The summed E-state index contributed by atoms with van der Waals surface area (Å²) in [5, 5.41) is 9.07. The first kappa shape index (κ1) is 17.1. The molecule has 1 atom stereocenters. The Hall–Kier alpha value is -2.75. The molecule has 4 nitrogen and oxygen atoms in total. The van der Waals surface area contributed by atoms with Gasteiger partial charge in [-0.25, -0.2) is 0 Å². The first-order valence-corrected chi connectivity index (χ1v) is 8.82. The summed E-state index contributed by atoms with van der Waals surface area (Å²) < 4.78 is 0. The van der Waals surface area contributed by atoms with Crippen molar-refractivity contribution in [1.82, 2.24) is 15.0 Å². The molecule has 0 amide bonds. The molecule has 0 aliphatic carbocycles. The van der Waals surface area contributed by atoms with Gasteiger partial charge in [0.25, 0.3) is 0 Å². The molecule has 1 aromatic heterocycles. The van der Waals surface area contributed by atoms with E-state index in [9.17, 15) is 4.79 Å². The molecule has 0 saturated heterocycles. The Morgan fingerprint density at radius 1 is 1.04 bits per heavy atom. The van der Waals surface area contributed by atoms with E-state index in [1.165, 1.54) is 0 Å². The topological polar surface area (TPSA) is 47.8 Å². The monoisotopic (exact) mass is 333 g/mol. The highest BCUT2D eigenvalue weighted by atomic mass is 16.1. The van der Waals surface area contributed by atoms with Crippen LogP contribution in [0.3, 0.4) is 0 Å². The van der Waals surface area contributed by atoms with Crippen LogP contribution in [0, 0.1) is 0 Å². The number of hydrogen-bond donors (Lipinski definition) is 0. The van der Waals surface area contributed by atoms with Crippen molar-refractivity contribution in [3.05, 3.63) is 83.7 Å². The maximum atomic E-state index is 12.7. The Morgan fingerprint density at radius 3 is 2.40 bits per heavy atom.